The van der Waals surface area contributed by atoms with Gasteiger partial charge in [-0.1, -0.05) is 0 Å². The highest BCUT2D eigenvalue weighted by atomic mass is 32.2. The van der Waals surface area contributed by atoms with E-state index in [0.717, 1.165) is 25.1 Å². The normalized spacial score (nSPS) is 12.1. The van der Waals surface area contributed by atoms with Gasteiger partial charge < -0.3 is 10.6 Å². The van der Waals surface area contributed by atoms with Gasteiger partial charge in [0.05, 0.1) is 0 Å². The van der Waals surface area contributed by atoms with E-state index in [1.807, 2.05) is 19.0 Å². The molecule has 8 heteroatoms. The molecule has 1 aromatic carbocycles. The highest BCUT2D eigenvalue weighted by molar-refractivity contribution is 7.89. The third kappa shape index (κ3) is 5.31. The second kappa shape index (κ2) is 7.79. The second-order valence-electron chi connectivity index (χ2n) is 5.00. The molecule has 0 amide bonds. The zero-order valence-electron chi connectivity index (χ0n) is 12.2. The van der Waals surface area contributed by atoms with Crippen LogP contribution < -0.4 is 10.5 Å². The molecule has 0 radical (unpaired) electrons. The maximum atomic E-state index is 13.7. The first-order valence-corrected chi connectivity index (χ1v) is 8.08. The molecule has 0 aliphatic rings. The Balaban J connectivity index is 2.76. The average molecular weight is 321 g/mol. The molecule has 1 aromatic rings. The fourth-order valence-corrected chi connectivity index (χ4v) is 2.98. The zero-order chi connectivity index (χ0) is 16.0. The lowest BCUT2D eigenvalue weighted by molar-refractivity contribution is 0.394. The number of nitrogens with zero attached hydrogens (tertiary/aromatic N) is 1. The van der Waals surface area contributed by atoms with Crippen LogP contribution in [-0.2, 0) is 16.6 Å². The van der Waals surface area contributed by atoms with E-state index in [2.05, 4.69) is 4.72 Å². The zero-order valence-corrected chi connectivity index (χ0v) is 13.0. The lowest BCUT2D eigenvalue weighted by atomic mass is 10.2. The van der Waals surface area contributed by atoms with Crippen molar-refractivity contribution in [2.24, 2.45) is 5.73 Å². The molecule has 0 saturated heterocycles. The Morgan fingerprint density at radius 3 is 2.48 bits per heavy atom. The standard InChI is InChI=1S/C13H21F2N3O2S/c1-18(2)6-4-3-5-17-21(19,20)12-8-10(9-16)7-11(14)13(12)15/h7-8,17H,3-6,9,16H2,1-2H3. The van der Waals surface area contributed by atoms with Gasteiger partial charge in [0.25, 0.3) is 0 Å². The Morgan fingerprint density at radius 2 is 1.90 bits per heavy atom. The van der Waals surface area contributed by atoms with Crippen LogP contribution in [0, 0.1) is 11.6 Å². The van der Waals surface area contributed by atoms with Crippen molar-refractivity contribution in [2.75, 3.05) is 27.2 Å². The summed E-state index contributed by atoms with van der Waals surface area (Å²) in [6.07, 6.45) is 1.41. The number of rotatable bonds is 8. The van der Waals surface area contributed by atoms with Crippen molar-refractivity contribution >= 4 is 10.0 Å². The maximum absolute atomic E-state index is 13.7. The molecule has 0 fully saturated rings. The van der Waals surface area contributed by atoms with Gasteiger partial charge in [-0.3, -0.25) is 0 Å². The second-order valence-corrected chi connectivity index (χ2v) is 6.74. The molecular weight excluding hydrogens is 300 g/mol. The molecule has 0 heterocycles. The van der Waals surface area contributed by atoms with E-state index in [0.29, 0.717) is 6.42 Å². The fourth-order valence-electron chi connectivity index (χ4n) is 1.77. The van der Waals surface area contributed by atoms with E-state index in [-0.39, 0.29) is 18.7 Å². The van der Waals surface area contributed by atoms with Crippen molar-refractivity contribution in [2.45, 2.75) is 24.3 Å². The van der Waals surface area contributed by atoms with Crippen molar-refractivity contribution in [3.05, 3.63) is 29.3 Å². The number of nitrogens with one attached hydrogen (secondary N) is 1. The van der Waals surface area contributed by atoms with Gasteiger partial charge in [-0.05, 0) is 51.2 Å². The summed E-state index contributed by atoms with van der Waals surface area (Å²) in [5.74, 6) is -2.60. The monoisotopic (exact) mass is 321 g/mol. The molecular formula is C13H21F2N3O2S. The summed E-state index contributed by atoms with van der Waals surface area (Å²) < 4.78 is 53.3. The molecule has 120 valence electrons. The van der Waals surface area contributed by atoms with Crippen molar-refractivity contribution in [1.82, 2.24) is 9.62 Å². The molecule has 5 nitrogen and oxygen atoms in total. The number of nitrogens with two attached hydrogens (primary N) is 1. The number of hydrogen-bond donors (Lipinski definition) is 2. The third-order valence-corrected chi connectivity index (χ3v) is 4.36. The van der Waals surface area contributed by atoms with E-state index in [1.54, 1.807) is 0 Å². The Labute approximate surface area is 124 Å². The van der Waals surface area contributed by atoms with Crippen LogP contribution in [0.2, 0.25) is 0 Å². The maximum Gasteiger partial charge on any atom is 0.243 e. The van der Waals surface area contributed by atoms with Crippen LogP contribution in [0.4, 0.5) is 8.78 Å². The Hall–Kier alpha value is -1.09. The summed E-state index contributed by atoms with van der Waals surface area (Å²) in [6, 6.07) is 1.95. The SMILES string of the molecule is CN(C)CCCCNS(=O)(=O)c1cc(CN)cc(F)c1F. The fraction of sp³-hybridized carbons (Fsp3) is 0.538. The summed E-state index contributed by atoms with van der Waals surface area (Å²) in [6.45, 7) is 0.931. The van der Waals surface area contributed by atoms with Gasteiger partial charge in [0.1, 0.15) is 4.90 Å². The molecule has 0 bridgehead atoms. The lowest BCUT2D eigenvalue weighted by Gasteiger charge is -2.11. The van der Waals surface area contributed by atoms with E-state index in [1.165, 1.54) is 0 Å². The van der Waals surface area contributed by atoms with E-state index < -0.39 is 26.6 Å². The van der Waals surface area contributed by atoms with Crippen LogP contribution in [-0.4, -0.2) is 40.5 Å². The number of hydrogen-bond acceptors (Lipinski definition) is 4. The third-order valence-electron chi connectivity index (χ3n) is 2.90. The van der Waals surface area contributed by atoms with Gasteiger partial charge in [0.2, 0.25) is 10.0 Å². The first kappa shape index (κ1) is 18.0. The minimum atomic E-state index is -4.08. The summed E-state index contributed by atoms with van der Waals surface area (Å²) >= 11 is 0. The van der Waals surface area contributed by atoms with Crippen LogP contribution in [0.1, 0.15) is 18.4 Å². The molecule has 0 unspecified atom stereocenters. The molecule has 0 spiro atoms. The molecule has 0 aliphatic heterocycles. The smallest absolute Gasteiger partial charge is 0.243 e. The number of halogens is 2. The molecule has 0 aromatic heterocycles. The molecule has 0 saturated carbocycles. The molecule has 0 atom stereocenters. The number of unbranched alkanes of at least 4 members (excludes halogenated alkanes) is 1. The van der Waals surface area contributed by atoms with E-state index >= 15 is 0 Å². The van der Waals surface area contributed by atoms with Gasteiger partial charge in [-0.2, -0.15) is 0 Å². The van der Waals surface area contributed by atoms with Crippen molar-refractivity contribution in [1.29, 1.82) is 0 Å². The van der Waals surface area contributed by atoms with Gasteiger partial charge >= 0.3 is 0 Å². The Kier molecular flexibility index (Phi) is 6.66. The van der Waals surface area contributed by atoms with Crippen LogP contribution >= 0.6 is 0 Å². The van der Waals surface area contributed by atoms with Crippen molar-refractivity contribution in [3.63, 3.8) is 0 Å². The summed E-state index contributed by atoms with van der Waals surface area (Å²) in [5.41, 5.74) is 5.56. The predicted molar refractivity (Wildman–Crippen MR) is 77.2 cm³/mol. The van der Waals surface area contributed by atoms with Gasteiger partial charge in [0.15, 0.2) is 11.6 Å². The van der Waals surface area contributed by atoms with Gasteiger partial charge in [-0.15, -0.1) is 0 Å². The number of sulfonamides is 1. The van der Waals surface area contributed by atoms with Gasteiger partial charge in [-0.25, -0.2) is 21.9 Å². The summed E-state index contributed by atoms with van der Waals surface area (Å²) in [7, 11) is -0.246. The number of benzene rings is 1. The van der Waals surface area contributed by atoms with Crippen LogP contribution in [0.25, 0.3) is 0 Å². The molecule has 3 N–H and O–H groups in total. The topological polar surface area (TPSA) is 75.4 Å². The lowest BCUT2D eigenvalue weighted by Crippen LogP contribution is -2.27. The first-order chi connectivity index (χ1) is 9.77. The van der Waals surface area contributed by atoms with E-state index in [9.17, 15) is 17.2 Å². The van der Waals surface area contributed by atoms with Crippen LogP contribution in [0.3, 0.4) is 0 Å². The minimum absolute atomic E-state index is 0.0669. The van der Waals surface area contributed by atoms with Crippen LogP contribution in [0.5, 0.6) is 0 Å². The molecule has 21 heavy (non-hydrogen) atoms. The van der Waals surface area contributed by atoms with E-state index in [4.69, 9.17) is 5.73 Å². The first-order valence-electron chi connectivity index (χ1n) is 6.60. The highest BCUT2D eigenvalue weighted by Gasteiger charge is 2.22. The largest absolute Gasteiger partial charge is 0.326 e. The highest BCUT2D eigenvalue weighted by Crippen LogP contribution is 2.19. The average Bonchev–Trinajstić information content (AvgIpc) is 2.40. The minimum Gasteiger partial charge on any atom is -0.326 e. The van der Waals surface area contributed by atoms with Crippen LogP contribution in [0.15, 0.2) is 17.0 Å². The van der Waals surface area contributed by atoms with Crippen molar-refractivity contribution in [3.8, 4) is 0 Å². The quantitative estimate of drug-likeness (QED) is 0.702. The summed E-state index contributed by atoms with van der Waals surface area (Å²) in [4.78, 5) is 1.28. The summed E-state index contributed by atoms with van der Waals surface area (Å²) in [5, 5.41) is 0. The van der Waals surface area contributed by atoms with Gasteiger partial charge in [0, 0.05) is 13.1 Å². The molecule has 0 aliphatic carbocycles. The molecule has 1 rings (SSSR count). The Morgan fingerprint density at radius 1 is 1.24 bits per heavy atom. The van der Waals surface area contributed by atoms with Crippen molar-refractivity contribution < 1.29 is 17.2 Å². The predicted octanol–water partition coefficient (Wildman–Crippen LogP) is 1.04. The Bertz CT molecular complexity index is 577.